The van der Waals surface area contributed by atoms with Crippen LogP contribution in [0.25, 0.3) is 0 Å². The van der Waals surface area contributed by atoms with Crippen LogP contribution in [0.3, 0.4) is 0 Å². The van der Waals surface area contributed by atoms with E-state index in [1.54, 1.807) is 17.3 Å². The molecule has 1 unspecified atom stereocenters. The third-order valence-electron chi connectivity index (χ3n) is 3.58. The molecule has 1 atom stereocenters. The molecule has 1 aliphatic rings. The summed E-state index contributed by atoms with van der Waals surface area (Å²) in [5.41, 5.74) is 1.01. The highest BCUT2D eigenvalue weighted by Crippen LogP contribution is 2.18. The summed E-state index contributed by atoms with van der Waals surface area (Å²) in [7, 11) is 0. The van der Waals surface area contributed by atoms with Gasteiger partial charge in [0.15, 0.2) is 0 Å². The van der Waals surface area contributed by atoms with Crippen LogP contribution < -0.4 is 5.32 Å². The molecule has 1 aromatic heterocycles. The summed E-state index contributed by atoms with van der Waals surface area (Å²) >= 11 is 0. The zero-order chi connectivity index (χ0) is 14.4. The summed E-state index contributed by atoms with van der Waals surface area (Å²) in [6, 6.07) is 3.74. The van der Waals surface area contributed by atoms with Crippen LogP contribution in [0.2, 0.25) is 0 Å². The normalized spacial score (nSPS) is 18.4. The SMILES string of the molecule is CCCCN1CC(C(=O)NCc2ccncc2)CC1=O. The minimum atomic E-state index is -0.207. The first-order chi connectivity index (χ1) is 9.70. The Balaban J connectivity index is 1.80. The van der Waals surface area contributed by atoms with Gasteiger partial charge in [-0.2, -0.15) is 0 Å². The number of amides is 2. The maximum Gasteiger partial charge on any atom is 0.225 e. The third-order valence-corrected chi connectivity index (χ3v) is 3.58. The van der Waals surface area contributed by atoms with E-state index in [-0.39, 0.29) is 17.7 Å². The molecule has 20 heavy (non-hydrogen) atoms. The van der Waals surface area contributed by atoms with Crippen LogP contribution >= 0.6 is 0 Å². The van der Waals surface area contributed by atoms with Gasteiger partial charge in [-0.05, 0) is 24.1 Å². The van der Waals surface area contributed by atoms with Crippen molar-refractivity contribution >= 4 is 11.8 Å². The first-order valence-corrected chi connectivity index (χ1v) is 7.15. The molecule has 1 N–H and O–H groups in total. The first kappa shape index (κ1) is 14.5. The molecule has 2 rings (SSSR count). The quantitative estimate of drug-likeness (QED) is 0.852. The van der Waals surface area contributed by atoms with E-state index in [0.717, 1.165) is 24.9 Å². The van der Waals surface area contributed by atoms with Gasteiger partial charge in [0.05, 0.1) is 5.92 Å². The molecule has 0 radical (unpaired) electrons. The van der Waals surface area contributed by atoms with Crippen molar-refractivity contribution in [3.63, 3.8) is 0 Å². The molecule has 0 spiro atoms. The number of unbranched alkanes of at least 4 members (excludes halogenated alkanes) is 1. The fourth-order valence-electron chi connectivity index (χ4n) is 2.35. The van der Waals surface area contributed by atoms with Gasteiger partial charge >= 0.3 is 0 Å². The zero-order valence-electron chi connectivity index (χ0n) is 11.8. The van der Waals surface area contributed by atoms with Gasteiger partial charge < -0.3 is 10.2 Å². The third kappa shape index (κ3) is 3.79. The predicted molar refractivity (Wildman–Crippen MR) is 75.7 cm³/mol. The van der Waals surface area contributed by atoms with Crippen LogP contribution in [0, 0.1) is 5.92 Å². The Bertz CT molecular complexity index is 461. The van der Waals surface area contributed by atoms with Crippen molar-refractivity contribution in [3.05, 3.63) is 30.1 Å². The Hall–Kier alpha value is -1.91. The van der Waals surface area contributed by atoms with Crippen molar-refractivity contribution in [1.29, 1.82) is 0 Å². The van der Waals surface area contributed by atoms with Gasteiger partial charge in [0, 0.05) is 38.4 Å². The van der Waals surface area contributed by atoms with Gasteiger partial charge in [0.2, 0.25) is 11.8 Å². The van der Waals surface area contributed by atoms with E-state index in [1.165, 1.54) is 0 Å². The van der Waals surface area contributed by atoms with Gasteiger partial charge in [0.25, 0.3) is 0 Å². The highest BCUT2D eigenvalue weighted by Gasteiger charge is 2.33. The number of carbonyl (C=O) groups is 2. The molecule has 0 aromatic carbocycles. The van der Waals surface area contributed by atoms with Crippen molar-refractivity contribution in [1.82, 2.24) is 15.2 Å². The monoisotopic (exact) mass is 275 g/mol. The number of nitrogens with zero attached hydrogens (tertiary/aromatic N) is 2. The highest BCUT2D eigenvalue weighted by atomic mass is 16.2. The minimum Gasteiger partial charge on any atom is -0.352 e. The fraction of sp³-hybridized carbons (Fsp3) is 0.533. The van der Waals surface area contributed by atoms with Crippen LogP contribution in [0.15, 0.2) is 24.5 Å². The smallest absolute Gasteiger partial charge is 0.225 e. The van der Waals surface area contributed by atoms with Crippen molar-refractivity contribution in [3.8, 4) is 0 Å². The lowest BCUT2D eigenvalue weighted by molar-refractivity contribution is -0.129. The summed E-state index contributed by atoms with van der Waals surface area (Å²) in [6.45, 7) is 3.91. The molecule has 108 valence electrons. The average molecular weight is 275 g/mol. The predicted octanol–water partition coefficient (Wildman–Crippen LogP) is 1.35. The summed E-state index contributed by atoms with van der Waals surface area (Å²) in [5.74, 6) is -0.141. The molecule has 1 fully saturated rings. The van der Waals surface area contributed by atoms with E-state index < -0.39 is 0 Å². The molecule has 5 nitrogen and oxygen atoms in total. The number of likely N-dealkylation sites (tertiary alicyclic amines) is 1. The lowest BCUT2D eigenvalue weighted by Crippen LogP contribution is -2.32. The Morgan fingerprint density at radius 3 is 2.90 bits per heavy atom. The van der Waals surface area contributed by atoms with E-state index in [1.807, 2.05) is 12.1 Å². The molecule has 0 aliphatic carbocycles. The molecule has 1 aliphatic heterocycles. The van der Waals surface area contributed by atoms with Crippen LogP contribution in [-0.4, -0.2) is 34.8 Å². The van der Waals surface area contributed by atoms with E-state index >= 15 is 0 Å². The maximum absolute atomic E-state index is 12.1. The number of hydrogen-bond donors (Lipinski definition) is 1. The first-order valence-electron chi connectivity index (χ1n) is 7.15. The Labute approximate surface area is 119 Å². The van der Waals surface area contributed by atoms with Crippen molar-refractivity contribution in [2.24, 2.45) is 5.92 Å². The summed E-state index contributed by atoms with van der Waals surface area (Å²) in [4.78, 5) is 29.6. The largest absolute Gasteiger partial charge is 0.352 e. The van der Waals surface area contributed by atoms with Crippen molar-refractivity contribution in [2.75, 3.05) is 13.1 Å². The fourth-order valence-corrected chi connectivity index (χ4v) is 2.35. The number of carbonyl (C=O) groups excluding carboxylic acids is 2. The summed E-state index contributed by atoms with van der Waals surface area (Å²) in [6.07, 6.45) is 5.80. The van der Waals surface area contributed by atoms with Crippen LogP contribution in [-0.2, 0) is 16.1 Å². The summed E-state index contributed by atoms with van der Waals surface area (Å²) < 4.78 is 0. The van der Waals surface area contributed by atoms with E-state index in [9.17, 15) is 9.59 Å². The lowest BCUT2D eigenvalue weighted by atomic mass is 10.1. The number of pyridine rings is 1. The zero-order valence-corrected chi connectivity index (χ0v) is 11.8. The second-order valence-corrected chi connectivity index (χ2v) is 5.17. The maximum atomic E-state index is 12.1. The molecular weight excluding hydrogens is 254 g/mol. The Kier molecular flexibility index (Phi) is 5.09. The van der Waals surface area contributed by atoms with E-state index in [2.05, 4.69) is 17.2 Å². The standard InChI is InChI=1S/C15H21N3O2/c1-2-3-8-18-11-13(9-14(18)19)15(20)17-10-12-4-6-16-7-5-12/h4-7,13H,2-3,8-11H2,1H3,(H,17,20). The van der Waals surface area contributed by atoms with Gasteiger partial charge in [0.1, 0.15) is 0 Å². The molecule has 2 amide bonds. The molecule has 5 heteroatoms. The number of hydrogen-bond acceptors (Lipinski definition) is 3. The Morgan fingerprint density at radius 2 is 2.20 bits per heavy atom. The molecule has 0 saturated carbocycles. The molecule has 2 heterocycles. The average Bonchev–Trinajstić information content (AvgIpc) is 2.85. The van der Waals surface area contributed by atoms with Crippen LogP contribution in [0.4, 0.5) is 0 Å². The van der Waals surface area contributed by atoms with E-state index in [4.69, 9.17) is 0 Å². The van der Waals surface area contributed by atoms with Crippen LogP contribution in [0.5, 0.6) is 0 Å². The number of nitrogens with one attached hydrogen (secondary N) is 1. The molecule has 0 bridgehead atoms. The molecular formula is C15H21N3O2. The number of rotatable bonds is 6. The highest BCUT2D eigenvalue weighted by molar-refractivity contribution is 5.89. The van der Waals surface area contributed by atoms with Crippen molar-refractivity contribution in [2.45, 2.75) is 32.7 Å². The second kappa shape index (κ2) is 7.03. The van der Waals surface area contributed by atoms with Crippen molar-refractivity contribution < 1.29 is 9.59 Å². The second-order valence-electron chi connectivity index (χ2n) is 5.17. The topological polar surface area (TPSA) is 62.3 Å². The van der Waals surface area contributed by atoms with Gasteiger partial charge in [-0.1, -0.05) is 13.3 Å². The molecule has 1 saturated heterocycles. The van der Waals surface area contributed by atoms with Gasteiger partial charge in [-0.25, -0.2) is 0 Å². The molecule has 1 aromatic rings. The van der Waals surface area contributed by atoms with Crippen LogP contribution in [0.1, 0.15) is 31.7 Å². The number of aromatic nitrogens is 1. The van der Waals surface area contributed by atoms with E-state index in [0.29, 0.717) is 19.5 Å². The summed E-state index contributed by atoms with van der Waals surface area (Å²) in [5, 5.41) is 2.89. The Morgan fingerprint density at radius 1 is 1.45 bits per heavy atom. The van der Waals surface area contributed by atoms with Gasteiger partial charge in [-0.3, -0.25) is 14.6 Å². The minimum absolute atomic E-state index is 0.0332. The lowest BCUT2D eigenvalue weighted by Gasteiger charge is -2.15. The van der Waals surface area contributed by atoms with Gasteiger partial charge in [-0.15, -0.1) is 0 Å².